The van der Waals surface area contributed by atoms with Crippen LogP contribution in [0.4, 0.5) is 0 Å². The minimum absolute atomic E-state index is 0.0193. The molecule has 2 aliphatic carbocycles. The quantitative estimate of drug-likeness (QED) is 0.421. The average Bonchev–Trinajstić information content (AvgIpc) is 3.23. The van der Waals surface area contributed by atoms with Crippen LogP contribution in [0.2, 0.25) is 0 Å². The summed E-state index contributed by atoms with van der Waals surface area (Å²) in [6, 6.07) is 6.68. The Balaban J connectivity index is 1.43. The molecule has 2 saturated carbocycles. The van der Waals surface area contributed by atoms with Gasteiger partial charge in [0.05, 0.1) is 23.8 Å². The summed E-state index contributed by atoms with van der Waals surface area (Å²) in [6.45, 7) is -0.349. The lowest BCUT2D eigenvalue weighted by Crippen LogP contribution is -2.39. The number of benzene rings is 1. The van der Waals surface area contributed by atoms with Gasteiger partial charge in [0.2, 0.25) is 0 Å². The Hall–Kier alpha value is -1.89. The van der Waals surface area contributed by atoms with Crippen molar-refractivity contribution in [1.29, 1.82) is 0 Å². The van der Waals surface area contributed by atoms with Gasteiger partial charge in [0, 0.05) is 11.5 Å². The molecule has 1 aliphatic heterocycles. The van der Waals surface area contributed by atoms with E-state index < -0.39 is 17.8 Å². The molecule has 1 aromatic carbocycles. The third-order valence-corrected chi connectivity index (χ3v) is 6.73. The van der Waals surface area contributed by atoms with Gasteiger partial charge < -0.3 is 14.2 Å². The molecule has 2 bridgehead atoms. The average molecular weight is 409 g/mol. The SMILES string of the molecule is COc1cccc(C(=O)COC(=O)[C@@H]2[C@@H]3C[C@H]4[C@H](OC(=O)[C@@H]42)[C@@H]3Br)c1. The van der Waals surface area contributed by atoms with E-state index in [4.69, 9.17) is 14.2 Å². The zero-order chi connectivity index (χ0) is 17.7. The zero-order valence-corrected chi connectivity index (χ0v) is 15.1. The molecule has 3 aliphatic rings. The van der Waals surface area contributed by atoms with E-state index in [0.29, 0.717) is 11.3 Å². The number of rotatable bonds is 5. The molecule has 1 aromatic rings. The molecule has 132 valence electrons. The van der Waals surface area contributed by atoms with Crippen LogP contribution >= 0.6 is 15.9 Å². The maximum atomic E-state index is 12.5. The van der Waals surface area contributed by atoms with Crippen LogP contribution in [-0.2, 0) is 19.1 Å². The summed E-state index contributed by atoms with van der Waals surface area (Å²) in [6.07, 6.45) is 0.644. The van der Waals surface area contributed by atoms with Gasteiger partial charge in [-0.3, -0.25) is 14.4 Å². The van der Waals surface area contributed by atoms with Gasteiger partial charge in [-0.15, -0.1) is 0 Å². The maximum absolute atomic E-state index is 12.5. The lowest BCUT2D eigenvalue weighted by atomic mass is 9.80. The first-order chi connectivity index (χ1) is 12.0. The van der Waals surface area contributed by atoms with Crippen molar-refractivity contribution in [3.8, 4) is 5.75 Å². The molecule has 1 heterocycles. The van der Waals surface area contributed by atoms with E-state index in [1.807, 2.05) is 0 Å². The molecule has 0 radical (unpaired) electrons. The molecular formula is C18H17BrO6. The predicted octanol–water partition coefficient (Wildman–Crippen LogP) is 1.99. The van der Waals surface area contributed by atoms with Crippen molar-refractivity contribution in [3.63, 3.8) is 0 Å². The van der Waals surface area contributed by atoms with Crippen molar-refractivity contribution < 1.29 is 28.6 Å². The topological polar surface area (TPSA) is 78.9 Å². The normalized spacial score (nSPS) is 34.7. The number of methoxy groups -OCH3 is 1. The molecule has 7 heteroatoms. The van der Waals surface area contributed by atoms with Crippen molar-refractivity contribution in [1.82, 2.24) is 0 Å². The molecule has 0 spiro atoms. The molecule has 4 rings (SSSR count). The van der Waals surface area contributed by atoms with Gasteiger partial charge in [-0.25, -0.2) is 0 Å². The van der Waals surface area contributed by atoms with E-state index in [0.717, 1.165) is 6.42 Å². The molecule has 1 saturated heterocycles. The van der Waals surface area contributed by atoms with Gasteiger partial charge in [0.1, 0.15) is 11.9 Å². The molecule has 0 N–H and O–H groups in total. The fourth-order valence-electron chi connectivity index (χ4n) is 4.41. The Morgan fingerprint density at radius 3 is 2.88 bits per heavy atom. The van der Waals surface area contributed by atoms with Crippen LogP contribution in [0, 0.1) is 23.7 Å². The fourth-order valence-corrected chi connectivity index (χ4v) is 5.45. The van der Waals surface area contributed by atoms with Crippen LogP contribution in [0.3, 0.4) is 0 Å². The molecule has 3 fully saturated rings. The summed E-state index contributed by atoms with van der Waals surface area (Å²) in [5.74, 6) is -1.41. The van der Waals surface area contributed by atoms with Crippen LogP contribution in [0.1, 0.15) is 16.8 Å². The van der Waals surface area contributed by atoms with Gasteiger partial charge in [-0.05, 0) is 24.5 Å². The monoisotopic (exact) mass is 408 g/mol. The van der Waals surface area contributed by atoms with Crippen LogP contribution in [0.15, 0.2) is 24.3 Å². The smallest absolute Gasteiger partial charge is 0.310 e. The van der Waals surface area contributed by atoms with E-state index in [9.17, 15) is 14.4 Å². The molecular weight excluding hydrogens is 392 g/mol. The number of ether oxygens (including phenoxy) is 3. The third-order valence-electron chi connectivity index (χ3n) is 5.53. The van der Waals surface area contributed by atoms with Gasteiger partial charge >= 0.3 is 11.9 Å². The summed E-state index contributed by atoms with van der Waals surface area (Å²) in [4.78, 5) is 36.8. The van der Waals surface area contributed by atoms with Crippen LogP contribution in [0.5, 0.6) is 5.75 Å². The number of alkyl halides is 1. The second-order valence-corrected chi connectivity index (χ2v) is 7.78. The number of hydrogen-bond donors (Lipinski definition) is 0. The largest absolute Gasteiger partial charge is 0.497 e. The highest BCUT2D eigenvalue weighted by Crippen LogP contribution is 2.60. The second kappa shape index (κ2) is 6.12. The van der Waals surface area contributed by atoms with Crippen molar-refractivity contribution in [3.05, 3.63) is 29.8 Å². The molecule has 6 nitrogen and oxygen atoms in total. The minimum Gasteiger partial charge on any atom is -0.497 e. The summed E-state index contributed by atoms with van der Waals surface area (Å²) < 4.78 is 15.7. The fraction of sp³-hybridized carbons (Fsp3) is 0.500. The summed E-state index contributed by atoms with van der Waals surface area (Å²) in [5, 5.41) is 0. The van der Waals surface area contributed by atoms with Crippen LogP contribution in [-0.4, -0.2) is 42.4 Å². The molecule has 0 amide bonds. The van der Waals surface area contributed by atoms with Gasteiger partial charge in [0.15, 0.2) is 12.4 Å². The third kappa shape index (κ3) is 2.56. The van der Waals surface area contributed by atoms with Crippen molar-refractivity contribution in [2.45, 2.75) is 17.4 Å². The number of hydrogen-bond acceptors (Lipinski definition) is 6. The summed E-state index contributed by atoms with van der Waals surface area (Å²) in [5.41, 5.74) is 0.416. The number of carbonyl (C=O) groups is 3. The van der Waals surface area contributed by atoms with E-state index in [1.165, 1.54) is 7.11 Å². The van der Waals surface area contributed by atoms with E-state index in [-0.39, 0.29) is 41.1 Å². The first-order valence-corrected chi connectivity index (χ1v) is 9.11. The zero-order valence-electron chi connectivity index (χ0n) is 13.5. The standard InChI is InChI=1S/C18H17BrO6/c1-23-9-4-2-3-8(5-9)12(20)7-24-17(21)13-10-6-11-14(13)18(22)25-16(11)15(10)19/h2-5,10-11,13-16H,6-7H2,1H3/t10-,11+,13+,14-,15+,16-/m0/s1. The van der Waals surface area contributed by atoms with E-state index in [2.05, 4.69) is 15.9 Å². The molecule has 0 unspecified atom stereocenters. The highest BCUT2D eigenvalue weighted by atomic mass is 79.9. The molecule has 25 heavy (non-hydrogen) atoms. The van der Waals surface area contributed by atoms with Gasteiger partial charge in [0.25, 0.3) is 0 Å². The minimum atomic E-state index is -0.529. The van der Waals surface area contributed by atoms with Crippen molar-refractivity contribution >= 4 is 33.7 Å². The number of carbonyl (C=O) groups excluding carboxylic acids is 3. The highest BCUT2D eigenvalue weighted by molar-refractivity contribution is 9.09. The lowest BCUT2D eigenvalue weighted by molar-refractivity contribution is -0.154. The summed E-state index contributed by atoms with van der Waals surface area (Å²) in [7, 11) is 1.52. The van der Waals surface area contributed by atoms with Crippen molar-refractivity contribution in [2.75, 3.05) is 13.7 Å². The Bertz CT molecular complexity index is 747. The van der Waals surface area contributed by atoms with Crippen molar-refractivity contribution in [2.24, 2.45) is 23.7 Å². The lowest BCUT2D eigenvalue weighted by Gasteiger charge is -2.26. The number of halogens is 1. The number of Topliss-reactive ketones (excluding diaryl/α,β-unsaturated/α-hetero) is 1. The van der Waals surface area contributed by atoms with Crippen LogP contribution in [0.25, 0.3) is 0 Å². The van der Waals surface area contributed by atoms with Gasteiger partial charge in [-0.1, -0.05) is 28.1 Å². The van der Waals surface area contributed by atoms with Crippen LogP contribution < -0.4 is 4.74 Å². The Labute approximate surface area is 152 Å². The van der Waals surface area contributed by atoms with Gasteiger partial charge in [-0.2, -0.15) is 0 Å². The predicted molar refractivity (Wildman–Crippen MR) is 89.5 cm³/mol. The number of esters is 2. The first kappa shape index (κ1) is 16.6. The van der Waals surface area contributed by atoms with E-state index in [1.54, 1.807) is 24.3 Å². The molecule has 6 atom stereocenters. The Morgan fingerprint density at radius 1 is 1.32 bits per heavy atom. The summed E-state index contributed by atoms with van der Waals surface area (Å²) >= 11 is 3.55. The number of ketones is 1. The Morgan fingerprint density at radius 2 is 2.12 bits per heavy atom. The van der Waals surface area contributed by atoms with E-state index >= 15 is 0 Å². The highest BCUT2D eigenvalue weighted by Gasteiger charge is 2.68. The second-order valence-electron chi connectivity index (χ2n) is 6.72. The molecule has 0 aromatic heterocycles. The Kier molecular flexibility index (Phi) is 4.06. The number of fused-ring (bicyclic) bond motifs is 1. The maximum Gasteiger partial charge on any atom is 0.310 e. The first-order valence-electron chi connectivity index (χ1n) is 8.19.